The number of nitrogens with one attached hydrogen (secondary N) is 1. The zero-order valence-corrected chi connectivity index (χ0v) is 20.6. The standard InChI is InChI=1S/C27H36N2O7/c30-17-22-13-9-15-29(22)24(31)16-21-12-7-2-1-3-8-14-25(32)35-19-23(28-26(21)33)27(34)36-18-20-10-5-4-6-11-20/h2,4-7,10-11,21-23,30H,1,3,8-9,12-19H2,(H,28,33)/t21-,22+,23-/m1/s1. The Labute approximate surface area is 211 Å². The maximum absolute atomic E-state index is 13.2. The van der Waals surface area contributed by atoms with Gasteiger partial charge in [0.2, 0.25) is 11.8 Å². The van der Waals surface area contributed by atoms with Gasteiger partial charge in [-0.2, -0.15) is 0 Å². The number of carbonyl (C=O) groups excluding carboxylic acids is 4. The van der Waals surface area contributed by atoms with E-state index >= 15 is 0 Å². The van der Waals surface area contributed by atoms with Crippen molar-refractivity contribution in [1.82, 2.24) is 10.2 Å². The van der Waals surface area contributed by atoms with E-state index in [1.54, 1.807) is 4.90 Å². The number of aliphatic hydroxyl groups is 1. The fourth-order valence-corrected chi connectivity index (χ4v) is 4.41. The highest BCUT2D eigenvalue weighted by molar-refractivity contribution is 5.89. The zero-order chi connectivity index (χ0) is 25.8. The van der Waals surface area contributed by atoms with Crippen molar-refractivity contribution in [3.05, 3.63) is 48.0 Å². The van der Waals surface area contributed by atoms with E-state index in [-0.39, 0.29) is 44.6 Å². The van der Waals surface area contributed by atoms with Crippen LogP contribution in [-0.4, -0.2) is 65.6 Å². The second-order valence-corrected chi connectivity index (χ2v) is 9.26. The third-order valence-corrected chi connectivity index (χ3v) is 6.52. The molecule has 0 saturated carbocycles. The lowest BCUT2D eigenvalue weighted by molar-refractivity contribution is -0.155. The van der Waals surface area contributed by atoms with Gasteiger partial charge < -0.3 is 24.8 Å². The van der Waals surface area contributed by atoms with Gasteiger partial charge in [0, 0.05) is 19.4 Å². The summed E-state index contributed by atoms with van der Waals surface area (Å²) in [6.45, 7) is 0.122. The molecule has 196 valence electrons. The molecule has 2 aliphatic heterocycles. The zero-order valence-electron chi connectivity index (χ0n) is 20.6. The smallest absolute Gasteiger partial charge is 0.332 e. The number of ether oxygens (including phenoxy) is 2. The van der Waals surface area contributed by atoms with E-state index in [0.717, 1.165) is 31.2 Å². The van der Waals surface area contributed by atoms with Crippen LogP contribution in [0.1, 0.15) is 56.9 Å². The van der Waals surface area contributed by atoms with Gasteiger partial charge in [0.25, 0.3) is 0 Å². The Morgan fingerprint density at radius 3 is 2.69 bits per heavy atom. The number of cyclic esters (lactones) is 1. The van der Waals surface area contributed by atoms with Crippen molar-refractivity contribution in [2.45, 2.75) is 70.1 Å². The van der Waals surface area contributed by atoms with Crippen LogP contribution < -0.4 is 5.32 Å². The SMILES string of the molecule is O=C1CCCCC=CC[C@H](CC(=O)N2CCC[C@H]2CO)C(=O)N[C@@H](C(=O)OCc2ccccc2)CO1. The van der Waals surface area contributed by atoms with Crippen molar-refractivity contribution in [3.8, 4) is 0 Å². The van der Waals surface area contributed by atoms with Crippen LogP contribution in [0, 0.1) is 5.92 Å². The Morgan fingerprint density at radius 1 is 1.11 bits per heavy atom. The van der Waals surface area contributed by atoms with Crippen molar-refractivity contribution in [2.24, 2.45) is 5.92 Å². The van der Waals surface area contributed by atoms with E-state index in [0.29, 0.717) is 19.4 Å². The van der Waals surface area contributed by atoms with Crippen molar-refractivity contribution >= 4 is 23.8 Å². The number of carbonyl (C=O) groups is 4. The fourth-order valence-electron chi connectivity index (χ4n) is 4.41. The van der Waals surface area contributed by atoms with Crippen LogP contribution in [-0.2, 0) is 35.3 Å². The lowest BCUT2D eigenvalue weighted by Gasteiger charge is -2.26. The topological polar surface area (TPSA) is 122 Å². The van der Waals surface area contributed by atoms with Crippen LogP contribution in [0.25, 0.3) is 0 Å². The van der Waals surface area contributed by atoms with Gasteiger partial charge in [0.1, 0.15) is 13.2 Å². The molecule has 2 aliphatic rings. The Morgan fingerprint density at radius 2 is 1.92 bits per heavy atom. The molecule has 0 bridgehead atoms. The number of hydrogen-bond donors (Lipinski definition) is 2. The second kappa shape index (κ2) is 14.4. The largest absolute Gasteiger partial charge is 0.463 e. The molecule has 1 aromatic carbocycles. The second-order valence-electron chi connectivity index (χ2n) is 9.26. The molecule has 1 saturated heterocycles. The number of amides is 2. The molecule has 9 nitrogen and oxygen atoms in total. The summed E-state index contributed by atoms with van der Waals surface area (Å²) < 4.78 is 10.7. The maximum atomic E-state index is 13.2. The Hall–Kier alpha value is -3.20. The van der Waals surface area contributed by atoms with Crippen LogP contribution in [0.2, 0.25) is 0 Å². The van der Waals surface area contributed by atoms with Crippen molar-refractivity contribution in [1.29, 1.82) is 0 Å². The molecule has 1 aromatic rings. The summed E-state index contributed by atoms with van der Waals surface area (Å²) in [5.74, 6) is -2.55. The summed E-state index contributed by atoms with van der Waals surface area (Å²) in [6.07, 6.45) is 8.08. The minimum absolute atomic E-state index is 0.0160. The van der Waals surface area contributed by atoms with Gasteiger partial charge in [-0.15, -0.1) is 0 Å². The molecule has 36 heavy (non-hydrogen) atoms. The molecule has 0 aliphatic carbocycles. The lowest BCUT2D eigenvalue weighted by atomic mass is 9.97. The van der Waals surface area contributed by atoms with Crippen molar-refractivity contribution < 1.29 is 33.8 Å². The minimum atomic E-state index is -1.19. The number of benzene rings is 1. The number of rotatable bonds is 6. The first kappa shape index (κ1) is 27.4. The van der Waals surface area contributed by atoms with Crippen LogP contribution >= 0.6 is 0 Å². The molecule has 0 unspecified atom stereocenters. The number of hydrogen-bond acceptors (Lipinski definition) is 7. The van der Waals surface area contributed by atoms with Crippen LogP contribution in [0.3, 0.4) is 0 Å². The summed E-state index contributed by atoms with van der Waals surface area (Å²) in [6, 6.07) is 7.71. The summed E-state index contributed by atoms with van der Waals surface area (Å²) in [5.41, 5.74) is 0.785. The monoisotopic (exact) mass is 500 g/mol. The van der Waals surface area contributed by atoms with E-state index in [1.165, 1.54) is 0 Å². The number of aliphatic hydroxyl groups excluding tert-OH is 1. The molecule has 9 heteroatoms. The van der Waals surface area contributed by atoms with Crippen LogP contribution in [0.15, 0.2) is 42.5 Å². The van der Waals surface area contributed by atoms with E-state index < -0.39 is 29.8 Å². The van der Waals surface area contributed by atoms with Gasteiger partial charge in [0.05, 0.1) is 18.6 Å². The van der Waals surface area contributed by atoms with Gasteiger partial charge in [-0.05, 0) is 44.1 Å². The van der Waals surface area contributed by atoms with Gasteiger partial charge in [-0.1, -0.05) is 42.5 Å². The van der Waals surface area contributed by atoms with Gasteiger partial charge >= 0.3 is 11.9 Å². The molecule has 2 amide bonds. The summed E-state index contributed by atoms with van der Waals surface area (Å²) in [4.78, 5) is 52.8. The van der Waals surface area contributed by atoms with E-state index in [9.17, 15) is 24.3 Å². The highest BCUT2D eigenvalue weighted by Crippen LogP contribution is 2.21. The van der Waals surface area contributed by atoms with Gasteiger partial charge in [-0.3, -0.25) is 14.4 Å². The minimum Gasteiger partial charge on any atom is -0.463 e. The highest BCUT2D eigenvalue weighted by atomic mass is 16.6. The quantitative estimate of drug-likeness (QED) is 0.454. The van der Waals surface area contributed by atoms with Gasteiger partial charge in [-0.25, -0.2) is 4.79 Å². The first-order valence-corrected chi connectivity index (χ1v) is 12.7. The maximum Gasteiger partial charge on any atom is 0.332 e. The average Bonchev–Trinajstić information content (AvgIpc) is 3.37. The van der Waals surface area contributed by atoms with Crippen molar-refractivity contribution in [2.75, 3.05) is 19.8 Å². The summed E-state index contributed by atoms with van der Waals surface area (Å²) >= 11 is 0. The predicted octanol–water partition coefficient (Wildman–Crippen LogP) is 2.27. The molecule has 1 fully saturated rings. The third kappa shape index (κ3) is 8.48. The first-order chi connectivity index (χ1) is 17.5. The normalized spacial score (nSPS) is 23.9. The molecular weight excluding hydrogens is 464 g/mol. The Balaban J connectivity index is 1.71. The predicted molar refractivity (Wildman–Crippen MR) is 131 cm³/mol. The first-order valence-electron chi connectivity index (χ1n) is 12.7. The molecule has 0 aromatic heterocycles. The number of nitrogens with zero attached hydrogens (tertiary/aromatic N) is 1. The van der Waals surface area contributed by atoms with E-state index in [1.807, 2.05) is 42.5 Å². The Kier molecular flexibility index (Phi) is 10.9. The highest BCUT2D eigenvalue weighted by Gasteiger charge is 2.33. The molecule has 2 N–H and O–H groups in total. The number of allylic oxidation sites excluding steroid dienone is 2. The Bertz CT molecular complexity index is 918. The lowest BCUT2D eigenvalue weighted by Crippen LogP contribution is -2.48. The van der Waals surface area contributed by atoms with E-state index in [2.05, 4.69) is 5.32 Å². The molecule has 3 atom stereocenters. The average molecular weight is 501 g/mol. The number of esters is 2. The molecular formula is C27H36N2O7. The van der Waals surface area contributed by atoms with E-state index in [4.69, 9.17) is 9.47 Å². The summed E-state index contributed by atoms with van der Waals surface area (Å²) in [7, 11) is 0. The summed E-state index contributed by atoms with van der Waals surface area (Å²) in [5, 5.41) is 12.2. The molecule has 3 rings (SSSR count). The number of likely N-dealkylation sites (tertiary alicyclic amines) is 1. The van der Waals surface area contributed by atoms with Gasteiger partial charge in [0.15, 0.2) is 6.04 Å². The van der Waals surface area contributed by atoms with Crippen molar-refractivity contribution in [3.63, 3.8) is 0 Å². The third-order valence-electron chi connectivity index (χ3n) is 6.52. The molecule has 2 heterocycles. The molecule has 0 radical (unpaired) electrons. The fraction of sp³-hybridized carbons (Fsp3) is 0.556. The van der Waals surface area contributed by atoms with Crippen LogP contribution in [0.4, 0.5) is 0 Å². The van der Waals surface area contributed by atoms with Crippen LogP contribution in [0.5, 0.6) is 0 Å². The molecule has 0 spiro atoms.